The molecule has 174 valence electrons. The second-order valence-corrected chi connectivity index (χ2v) is 8.23. The second kappa shape index (κ2) is 12.6. The van der Waals surface area contributed by atoms with Gasteiger partial charge in [-0.1, -0.05) is 54.6 Å². The minimum absolute atomic E-state index is 0.105. The lowest BCUT2D eigenvalue weighted by Gasteiger charge is -2.09. The van der Waals surface area contributed by atoms with Crippen LogP contribution in [0.3, 0.4) is 0 Å². The van der Waals surface area contributed by atoms with Crippen LogP contribution in [-0.2, 0) is 16.1 Å². The third-order valence-corrected chi connectivity index (χ3v) is 5.47. The first-order chi connectivity index (χ1) is 16.5. The van der Waals surface area contributed by atoms with Crippen molar-refractivity contribution in [2.75, 3.05) is 0 Å². The van der Waals surface area contributed by atoms with Gasteiger partial charge in [0.15, 0.2) is 0 Å². The summed E-state index contributed by atoms with van der Waals surface area (Å²) in [6.07, 6.45) is 16.5. The van der Waals surface area contributed by atoms with Gasteiger partial charge in [0.05, 0.1) is 4.47 Å². The van der Waals surface area contributed by atoms with Gasteiger partial charge in [-0.25, -0.2) is 4.39 Å². The van der Waals surface area contributed by atoms with Crippen molar-refractivity contribution in [2.45, 2.75) is 20.0 Å². The monoisotopic (exact) mass is 521 g/mol. The number of nitrogens with one attached hydrogen (secondary N) is 1. The van der Waals surface area contributed by atoms with Crippen LogP contribution < -0.4 is 5.32 Å². The number of hydrogen-bond donors (Lipinski definition) is 2. The molecule has 0 heterocycles. The van der Waals surface area contributed by atoms with Gasteiger partial charge in [0.2, 0.25) is 5.91 Å². The SMILES string of the molecule is C\C=C/C(=C\C=C\C(=O)NC1=CC=CC(OCc2cccc(Br)c2F)=CC1)c1ccc(O)cc1. The van der Waals surface area contributed by atoms with E-state index in [0.29, 0.717) is 27.9 Å². The zero-order valence-corrected chi connectivity index (χ0v) is 20.3. The minimum Gasteiger partial charge on any atom is -0.508 e. The molecule has 0 aromatic heterocycles. The third-order valence-electron chi connectivity index (χ3n) is 4.86. The molecule has 1 amide bonds. The highest BCUT2D eigenvalue weighted by molar-refractivity contribution is 9.10. The molecule has 0 saturated heterocycles. The largest absolute Gasteiger partial charge is 0.508 e. The Labute approximate surface area is 207 Å². The lowest BCUT2D eigenvalue weighted by atomic mass is 10.0. The summed E-state index contributed by atoms with van der Waals surface area (Å²) in [5.41, 5.74) is 3.01. The molecule has 1 aliphatic rings. The van der Waals surface area contributed by atoms with Crippen molar-refractivity contribution in [2.24, 2.45) is 0 Å². The number of carbonyl (C=O) groups is 1. The molecular formula is C28H25BrFNO3. The van der Waals surface area contributed by atoms with E-state index in [2.05, 4.69) is 21.2 Å². The van der Waals surface area contributed by atoms with Gasteiger partial charge in [-0.2, -0.15) is 0 Å². The summed E-state index contributed by atoms with van der Waals surface area (Å²) in [6, 6.07) is 11.9. The Morgan fingerprint density at radius 3 is 2.76 bits per heavy atom. The standard InChI is InChI=1S/C28H25BrFNO3/c1-2-6-20(21-13-16-24(32)17-14-21)7-4-12-27(33)31-23-9-5-10-25(18-15-23)34-19-22-8-3-11-26(29)28(22)30/h2-14,16-18,32H,15,19H2,1H3,(H,31,33)/b6-2-,12-4+,20-7+. The van der Waals surface area contributed by atoms with Gasteiger partial charge in [-0.15, -0.1) is 0 Å². The first-order valence-corrected chi connectivity index (χ1v) is 11.5. The van der Waals surface area contributed by atoms with E-state index in [4.69, 9.17) is 4.74 Å². The molecule has 0 saturated carbocycles. The topological polar surface area (TPSA) is 58.6 Å². The molecule has 1 aliphatic carbocycles. The van der Waals surface area contributed by atoms with Crippen molar-refractivity contribution < 1.29 is 19.0 Å². The number of ether oxygens (including phenoxy) is 1. The third kappa shape index (κ3) is 7.46. The van der Waals surface area contributed by atoms with E-state index >= 15 is 0 Å². The summed E-state index contributed by atoms with van der Waals surface area (Å²) in [4.78, 5) is 12.4. The first-order valence-electron chi connectivity index (χ1n) is 10.7. The summed E-state index contributed by atoms with van der Waals surface area (Å²) < 4.78 is 20.2. The Morgan fingerprint density at radius 1 is 1.21 bits per heavy atom. The number of hydrogen-bond acceptors (Lipinski definition) is 3. The van der Waals surface area contributed by atoms with E-state index in [1.165, 1.54) is 6.08 Å². The molecule has 6 heteroatoms. The number of benzene rings is 2. The van der Waals surface area contributed by atoms with Crippen molar-refractivity contribution in [1.82, 2.24) is 5.32 Å². The van der Waals surface area contributed by atoms with Crippen LogP contribution in [0.5, 0.6) is 5.75 Å². The highest BCUT2D eigenvalue weighted by Gasteiger charge is 2.08. The Hall–Kier alpha value is -3.64. The number of carbonyl (C=O) groups excluding carboxylic acids is 1. The Balaban J connectivity index is 1.56. The maximum Gasteiger partial charge on any atom is 0.248 e. The van der Waals surface area contributed by atoms with Crippen LogP contribution in [0, 0.1) is 5.82 Å². The van der Waals surface area contributed by atoms with Crippen molar-refractivity contribution in [3.8, 4) is 5.75 Å². The Bertz CT molecular complexity index is 1200. The summed E-state index contributed by atoms with van der Waals surface area (Å²) in [5, 5.41) is 12.3. The molecular weight excluding hydrogens is 497 g/mol. The maximum atomic E-state index is 14.1. The number of allylic oxidation sites excluding steroid dienone is 9. The number of phenols is 1. The van der Waals surface area contributed by atoms with Crippen LogP contribution in [0.1, 0.15) is 24.5 Å². The fourth-order valence-corrected chi connectivity index (χ4v) is 3.55. The molecule has 0 radical (unpaired) electrons. The average Bonchev–Trinajstić information content (AvgIpc) is 3.05. The predicted octanol–water partition coefficient (Wildman–Crippen LogP) is 6.87. The zero-order valence-electron chi connectivity index (χ0n) is 18.7. The summed E-state index contributed by atoms with van der Waals surface area (Å²) in [7, 11) is 0. The molecule has 0 atom stereocenters. The molecule has 2 aromatic rings. The number of aromatic hydroxyl groups is 1. The Kier molecular flexibility index (Phi) is 9.23. The molecule has 0 unspecified atom stereocenters. The van der Waals surface area contributed by atoms with Crippen molar-refractivity contribution in [3.63, 3.8) is 0 Å². The average molecular weight is 522 g/mol. The van der Waals surface area contributed by atoms with E-state index in [-0.39, 0.29) is 24.1 Å². The molecule has 3 rings (SSSR count). The van der Waals surface area contributed by atoms with Gasteiger partial charge in [-0.3, -0.25) is 4.79 Å². The molecule has 2 N–H and O–H groups in total. The molecule has 0 spiro atoms. The predicted molar refractivity (Wildman–Crippen MR) is 137 cm³/mol. The molecule has 0 bridgehead atoms. The van der Waals surface area contributed by atoms with E-state index in [0.717, 1.165) is 11.1 Å². The minimum atomic E-state index is -0.337. The van der Waals surface area contributed by atoms with Crippen LogP contribution in [-0.4, -0.2) is 11.0 Å². The number of phenolic OH excluding ortho intramolecular Hbond substituents is 1. The van der Waals surface area contributed by atoms with E-state index in [9.17, 15) is 14.3 Å². The van der Waals surface area contributed by atoms with Crippen LogP contribution in [0.2, 0.25) is 0 Å². The van der Waals surface area contributed by atoms with Crippen LogP contribution in [0.15, 0.2) is 113 Å². The van der Waals surface area contributed by atoms with Crippen LogP contribution >= 0.6 is 15.9 Å². The van der Waals surface area contributed by atoms with E-state index in [1.54, 1.807) is 54.6 Å². The maximum absolute atomic E-state index is 14.1. The van der Waals surface area contributed by atoms with Gasteiger partial charge >= 0.3 is 0 Å². The van der Waals surface area contributed by atoms with Gasteiger partial charge in [0.1, 0.15) is 23.9 Å². The molecule has 2 aromatic carbocycles. The van der Waals surface area contributed by atoms with Gasteiger partial charge in [0, 0.05) is 23.8 Å². The molecule has 34 heavy (non-hydrogen) atoms. The van der Waals surface area contributed by atoms with Crippen LogP contribution in [0.4, 0.5) is 4.39 Å². The number of amides is 1. The normalized spacial score (nSPS) is 14.1. The zero-order chi connectivity index (χ0) is 24.3. The highest BCUT2D eigenvalue weighted by Crippen LogP contribution is 2.21. The van der Waals surface area contributed by atoms with Gasteiger partial charge in [-0.05, 0) is 70.4 Å². The van der Waals surface area contributed by atoms with Gasteiger partial charge < -0.3 is 15.2 Å². The summed E-state index contributed by atoms with van der Waals surface area (Å²) >= 11 is 3.17. The van der Waals surface area contributed by atoms with Crippen molar-refractivity contribution >= 4 is 27.4 Å². The van der Waals surface area contributed by atoms with E-state index in [1.807, 2.05) is 43.4 Å². The first kappa shape index (κ1) is 25.0. The van der Waals surface area contributed by atoms with Crippen molar-refractivity contribution in [3.05, 3.63) is 130 Å². The summed E-state index contributed by atoms with van der Waals surface area (Å²) in [6.45, 7) is 2.02. The number of rotatable bonds is 8. The lowest BCUT2D eigenvalue weighted by molar-refractivity contribution is -0.115. The highest BCUT2D eigenvalue weighted by atomic mass is 79.9. The van der Waals surface area contributed by atoms with Crippen LogP contribution in [0.25, 0.3) is 5.57 Å². The lowest BCUT2D eigenvalue weighted by Crippen LogP contribution is -2.19. The quantitative estimate of drug-likeness (QED) is 0.294. The van der Waals surface area contributed by atoms with Gasteiger partial charge in [0.25, 0.3) is 0 Å². The Morgan fingerprint density at radius 2 is 2.00 bits per heavy atom. The fourth-order valence-electron chi connectivity index (χ4n) is 3.15. The summed E-state index contributed by atoms with van der Waals surface area (Å²) in [5.74, 6) is 0.210. The molecule has 4 nitrogen and oxygen atoms in total. The van der Waals surface area contributed by atoms with E-state index < -0.39 is 0 Å². The van der Waals surface area contributed by atoms with Crippen molar-refractivity contribution in [1.29, 1.82) is 0 Å². The number of halogens is 2. The molecule has 0 fully saturated rings. The molecule has 0 aliphatic heterocycles. The fraction of sp³-hybridized carbons (Fsp3) is 0.107. The smallest absolute Gasteiger partial charge is 0.248 e. The second-order valence-electron chi connectivity index (χ2n) is 7.38.